The zero-order valence-corrected chi connectivity index (χ0v) is 84.7. The number of anilines is 16. The molecule has 0 aliphatic heterocycles. The number of hydrogen-bond acceptors (Lipinski definition) is 31. The van der Waals surface area contributed by atoms with Gasteiger partial charge in [0.2, 0.25) is 28.4 Å². The van der Waals surface area contributed by atoms with Gasteiger partial charge in [-0.25, -0.2) is 64.6 Å². The molecule has 9 aromatic carbocycles. The van der Waals surface area contributed by atoms with Gasteiger partial charge in [0.1, 0.15) is 28.4 Å². The number of aromatic nitrogens is 10. The topological polar surface area (TPSA) is 462 Å². The number of benzene rings is 9. The third-order valence-corrected chi connectivity index (χ3v) is 17.3. The van der Waals surface area contributed by atoms with Crippen LogP contribution in [0.25, 0.3) is 0 Å². The molecule has 142 heavy (non-hydrogen) atoms. The van der Waals surface area contributed by atoms with E-state index < -0.39 is 5.97 Å². The minimum absolute atomic E-state index is 0. The Bertz CT molecular complexity index is 5980. The smallest absolute Gasteiger partial charge is 1.00 e. The number of carboxylic acid groups (broad SMARTS) is 1. The number of ether oxygens (including phenoxy) is 3. The number of nitrogens with one attached hydrogen (secondary N) is 8. The summed E-state index contributed by atoms with van der Waals surface area (Å²) >= 11 is 16.7. The SMILES string of the molecule is C.C.C.C.C.C.C.C.CNOC.COC(=O)c1cccc(N)c1.COC(=O)c1cccc(Nc2nc(Cl)ncc2C)c1.COC(=O)c1cccc(Nc2nc(Nc3ccccc3)ncc2C)c1.CON(C)C(=O)c1cccc(Nc2nc(Nc3ccccc3)ncc2C)c1.Cc1cnc(Cl)nc1Cl.Cc1cnc(Nc2ccccc2)nc1Nc1cccc(C(=O)O)c1.Nc1ccccc1.[Br-].[CH-]=C(C)C.[K+].[Mg+2].[OH-]. The number of carbonyl (C=O) groups excluding carboxylic acids is 4. The van der Waals surface area contributed by atoms with Crippen LogP contribution in [0.2, 0.25) is 15.7 Å². The second-order valence-corrected chi connectivity index (χ2v) is 28.1. The van der Waals surface area contributed by atoms with Crippen LogP contribution in [-0.4, -0.2) is 168 Å². The Morgan fingerprint density at radius 3 is 0.901 bits per heavy atom. The Balaban J connectivity index is -0.000000300. The van der Waals surface area contributed by atoms with Crippen molar-refractivity contribution in [3.05, 3.63) is 357 Å². The maximum absolute atomic E-state index is 12.2. The third-order valence-electron chi connectivity index (χ3n) is 16.5. The number of hydroxylamine groups is 3. The van der Waals surface area contributed by atoms with E-state index in [2.05, 4.69) is 107 Å². The third kappa shape index (κ3) is 53.2. The number of carbonyl (C=O) groups is 5. The zero-order valence-electron chi connectivity index (χ0n) is 76.3. The quantitative estimate of drug-likeness (QED) is 0.00465. The summed E-state index contributed by atoms with van der Waals surface area (Å²) in [7, 11) is 10.3. The molecule has 0 saturated carbocycles. The number of nitrogens with two attached hydrogens (primary N) is 2. The number of hydrogen-bond donors (Lipinski definition) is 11. The van der Waals surface area contributed by atoms with Gasteiger partial charge in [-0.05, 0) is 197 Å². The average Bonchev–Trinajstić information content (AvgIpc) is 0.901. The van der Waals surface area contributed by atoms with Gasteiger partial charge in [0.15, 0.2) is 0 Å². The fourth-order valence-corrected chi connectivity index (χ4v) is 10.4. The number of halogens is 4. The largest absolute Gasteiger partial charge is 2.00 e. The number of nitrogen functional groups attached to an aromatic ring is 2. The molecule has 0 saturated heterocycles. The minimum atomic E-state index is -0.968. The molecule has 0 bridgehead atoms. The Morgan fingerprint density at radius 1 is 0.366 bits per heavy atom. The number of carboxylic acids is 1. The van der Waals surface area contributed by atoms with Gasteiger partial charge in [0, 0.05) is 130 Å². The summed E-state index contributed by atoms with van der Waals surface area (Å²) in [6.07, 6.45) is 8.40. The molecule has 14 aromatic rings. The van der Waals surface area contributed by atoms with Crippen LogP contribution < -0.4 is 123 Å². The fraction of sp³-hybridized carbons (Fsp3) is 0.214. The van der Waals surface area contributed by atoms with Crippen molar-refractivity contribution in [2.75, 3.05) is 98.3 Å². The zero-order chi connectivity index (χ0) is 94.9. The maximum Gasteiger partial charge on any atom is 2.00 e. The van der Waals surface area contributed by atoms with E-state index in [0.717, 1.165) is 73.2 Å². The molecule has 0 unspecified atom stereocenters. The predicted molar refractivity (Wildman–Crippen MR) is 576 cm³/mol. The molecule has 1 amide bonds. The number of nitrogens with zero attached hydrogens (tertiary/aromatic N) is 11. The summed E-state index contributed by atoms with van der Waals surface area (Å²) in [4.78, 5) is 108. The molecular weight excluding hydrogens is 1970 g/mol. The van der Waals surface area contributed by atoms with Crippen LogP contribution in [0, 0.1) is 41.2 Å². The van der Waals surface area contributed by atoms with E-state index in [9.17, 15) is 24.0 Å². The Morgan fingerprint density at radius 2 is 0.620 bits per heavy atom. The van der Waals surface area contributed by atoms with Crippen molar-refractivity contribution in [2.45, 2.75) is 108 Å². The minimum Gasteiger partial charge on any atom is -1.00 e. The number of aromatic carboxylic acids is 1. The summed E-state index contributed by atoms with van der Waals surface area (Å²) in [6.45, 7) is 18.2. The van der Waals surface area contributed by atoms with E-state index in [1.807, 2.05) is 188 Å². The average molecular weight is 2110 g/mol. The molecule has 39 heteroatoms. The Labute approximate surface area is 921 Å². The molecule has 0 fully saturated rings. The van der Waals surface area contributed by atoms with Crippen molar-refractivity contribution in [2.24, 2.45) is 0 Å². The molecule has 0 radical (unpaired) electrons. The summed E-state index contributed by atoms with van der Waals surface area (Å²) in [5.41, 5.74) is 27.6. The van der Waals surface area contributed by atoms with Gasteiger partial charge in [-0.3, -0.25) is 15.2 Å². The van der Waals surface area contributed by atoms with Crippen LogP contribution in [0.15, 0.2) is 279 Å². The second kappa shape index (κ2) is 77.9. The molecule has 5 aromatic heterocycles. The number of allylic oxidation sites excluding steroid dienone is 1. The van der Waals surface area contributed by atoms with Crippen molar-refractivity contribution in [1.82, 2.24) is 60.4 Å². The molecule has 33 nitrogen and oxygen atoms in total. The van der Waals surface area contributed by atoms with Gasteiger partial charge in [0.25, 0.3) is 5.91 Å². The number of aryl methyl sites for hydroxylation is 5. The van der Waals surface area contributed by atoms with Crippen molar-refractivity contribution in [1.29, 1.82) is 0 Å². The Hall–Kier alpha value is -12.7. The molecule has 0 aliphatic carbocycles. The van der Waals surface area contributed by atoms with Gasteiger partial charge in [-0.2, -0.15) is 15.0 Å². The van der Waals surface area contributed by atoms with Crippen LogP contribution in [0.3, 0.4) is 0 Å². The second-order valence-electron chi connectivity index (χ2n) is 27.0. The predicted octanol–water partition coefficient (Wildman–Crippen LogP) is 19.0. The van der Waals surface area contributed by atoms with Crippen LogP contribution >= 0.6 is 34.8 Å². The first kappa shape index (κ1) is 142. The molecule has 0 atom stereocenters. The molecule has 754 valence electrons. The maximum atomic E-state index is 12.2. The van der Waals surface area contributed by atoms with E-state index in [4.69, 9.17) is 67.5 Å². The first-order chi connectivity index (χ1) is 62.4. The van der Waals surface area contributed by atoms with E-state index >= 15 is 0 Å². The molecular formula is C103H134BrCl3KMgN21O12. The first-order valence-electron chi connectivity index (χ1n) is 39.2. The number of rotatable bonds is 21. The van der Waals surface area contributed by atoms with Crippen LogP contribution in [0.5, 0.6) is 0 Å². The normalized spacial score (nSPS) is 8.96. The number of esters is 3. The summed E-state index contributed by atoms with van der Waals surface area (Å²) in [5, 5.41) is 33.2. The van der Waals surface area contributed by atoms with E-state index in [1.165, 1.54) is 33.5 Å². The van der Waals surface area contributed by atoms with Crippen LogP contribution in [-0.2, 0) is 23.9 Å². The molecule has 5 heterocycles. The van der Waals surface area contributed by atoms with Gasteiger partial charge in [-0.1, -0.05) is 188 Å². The van der Waals surface area contributed by atoms with Crippen molar-refractivity contribution >= 4 is 180 Å². The summed E-state index contributed by atoms with van der Waals surface area (Å²) in [5.74, 6) is 1.65. The van der Waals surface area contributed by atoms with E-state index in [0.29, 0.717) is 79.9 Å². The van der Waals surface area contributed by atoms with Gasteiger partial charge >= 0.3 is 98.3 Å². The Kier molecular flexibility index (Phi) is 78.1. The van der Waals surface area contributed by atoms with Crippen LogP contribution in [0.1, 0.15) is 153 Å². The van der Waals surface area contributed by atoms with E-state index in [-0.39, 0.29) is 196 Å². The number of para-hydroxylation sites is 4. The number of amides is 1. The van der Waals surface area contributed by atoms with Gasteiger partial charge in [0.05, 0.1) is 57.8 Å². The van der Waals surface area contributed by atoms with Gasteiger partial charge in [-0.15, -0.1) is 0 Å². The van der Waals surface area contributed by atoms with Gasteiger partial charge < -0.3 is 102 Å². The number of methoxy groups -OCH3 is 3. The molecule has 14 N–H and O–H groups in total. The van der Waals surface area contributed by atoms with E-state index in [1.54, 1.807) is 155 Å². The summed E-state index contributed by atoms with van der Waals surface area (Å²) in [6, 6.07) is 72.9. The fourth-order valence-electron chi connectivity index (χ4n) is 9.98. The van der Waals surface area contributed by atoms with Crippen molar-refractivity contribution < 1.29 is 127 Å². The van der Waals surface area contributed by atoms with Crippen LogP contribution in [0.4, 0.5) is 92.3 Å². The standard InChI is InChI=1S/C20H21N5O2.C19H18N4O2.C18H16N4O2.C13H12ClN3O2.C8H9NO2.C6H7N.C5H4Cl2N2.C4H7.C2H7NO.8CH4.BrH.K.Mg.H2O/c1-14-13-21-20(23-16-9-5-4-6-10-16)24-18(14)22-17-11-7-8-15(12-17)19(26)25(2)27-3;1-13-12-20-19(22-15-8-4-3-5-9-15)23-17(13)21-16-10-6-7-14(11-16)18(24)25-2;1-12-11-19-18(21-14-7-3-2-4-8-14)22-16(12)20-15-9-5-6-13(10-15)17(23)24;1-8-7-15-13(14)17-11(8)16-10-5-3-4-9(6-10)12(18)19-2;1-11-8(10)6-3-2-4-7(9)5-6;7-6-4-2-1-3-5-6;1-3-2-8-5(7)9-4(3)6;1-4(2)3;1-3-4-2;;;;;;;;;;;;/h4-13H,1-3H3,(H2,21,22,23,24);3-12H,1-2H3,(H2,20,21,22,23);2-11H,1H3,(H,23,24)(H2,19,20,21,22);3-7H,1-2H3,(H,15,16,17);2-5H,9H2,1H3;1-5H,7H2;2H,1H3;1H,2-3H3;3H,1-2H3;8*1H4;1H;;;1H2/q;;;;;;;-1;;;;;;;;;;;+1;+2;/p-2. The van der Waals surface area contributed by atoms with Crippen molar-refractivity contribution in [3.63, 3.8) is 0 Å². The first-order valence-corrected chi connectivity index (χ1v) is 40.4. The summed E-state index contributed by atoms with van der Waals surface area (Å²) < 4.78 is 13.9. The van der Waals surface area contributed by atoms with Crippen molar-refractivity contribution in [3.8, 4) is 0 Å². The molecule has 0 spiro atoms. The molecule has 0 aliphatic rings. The monoisotopic (exact) mass is 2100 g/mol. The molecule has 14 rings (SSSR count).